The molecule has 0 spiro atoms. The predicted molar refractivity (Wildman–Crippen MR) is 111 cm³/mol. The Bertz CT molecular complexity index is 874. The van der Waals surface area contributed by atoms with Crippen LogP contribution < -0.4 is 10.0 Å². The molecule has 0 aromatic heterocycles. The molecular formula is C21H28N2O4S. The number of carbonyl (C=O) groups is 2. The lowest BCUT2D eigenvalue weighted by Gasteiger charge is -2.24. The van der Waals surface area contributed by atoms with Gasteiger partial charge >= 0.3 is 6.09 Å². The van der Waals surface area contributed by atoms with Gasteiger partial charge in [-0.2, -0.15) is 0 Å². The first kappa shape index (κ1) is 21.9. The first-order valence-electron chi connectivity index (χ1n) is 9.26. The highest BCUT2D eigenvalue weighted by atomic mass is 32.2. The summed E-state index contributed by atoms with van der Waals surface area (Å²) in [5.74, 6) is -0.356. The summed E-state index contributed by atoms with van der Waals surface area (Å²) in [5.41, 5.74) is -0.670. The van der Waals surface area contributed by atoms with Crippen molar-refractivity contribution in [1.82, 2.24) is 10.0 Å². The molecule has 0 saturated carbocycles. The second-order valence-corrected chi connectivity index (χ2v) is 9.29. The minimum atomic E-state index is -1.73. The topological polar surface area (TPSA) is 84.5 Å². The molecular weight excluding hydrogens is 376 g/mol. The summed E-state index contributed by atoms with van der Waals surface area (Å²) >= 11 is 0. The van der Waals surface area contributed by atoms with Gasteiger partial charge < -0.3 is 10.1 Å². The van der Waals surface area contributed by atoms with Gasteiger partial charge in [0.15, 0.2) is 11.0 Å². The third kappa shape index (κ3) is 6.64. The fourth-order valence-electron chi connectivity index (χ4n) is 2.66. The van der Waals surface area contributed by atoms with E-state index in [1.54, 1.807) is 32.9 Å². The van der Waals surface area contributed by atoms with Crippen LogP contribution in [0.2, 0.25) is 0 Å². The van der Waals surface area contributed by atoms with E-state index < -0.39 is 34.6 Å². The van der Waals surface area contributed by atoms with Crippen LogP contribution >= 0.6 is 0 Å². The monoisotopic (exact) mass is 404 g/mol. The van der Waals surface area contributed by atoms with Gasteiger partial charge in [-0.15, -0.1) is 0 Å². The summed E-state index contributed by atoms with van der Waals surface area (Å²) < 4.78 is 20.4. The molecule has 2 amide bonds. The quantitative estimate of drug-likeness (QED) is 0.764. The molecule has 6 nitrogen and oxygen atoms in total. The molecule has 28 heavy (non-hydrogen) atoms. The van der Waals surface area contributed by atoms with Crippen molar-refractivity contribution in [2.24, 2.45) is 5.92 Å². The van der Waals surface area contributed by atoms with Crippen LogP contribution in [0.3, 0.4) is 0 Å². The lowest BCUT2D eigenvalue weighted by Crippen LogP contribution is -2.49. The van der Waals surface area contributed by atoms with E-state index >= 15 is 0 Å². The number of hydrogen-bond acceptors (Lipinski definition) is 4. The molecule has 0 saturated heterocycles. The van der Waals surface area contributed by atoms with Gasteiger partial charge in [0, 0.05) is 0 Å². The molecule has 2 aromatic carbocycles. The van der Waals surface area contributed by atoms with Crippen molar-refractivity contribution >= 4 is 33.8 Å². The predicted octanol–water partition coefficient (Wildman–Crippen LogP) is 3.92. The summed E-state index contributed by atoms with van der Waals surface area (Å²) in [5, 5.41) is 4.55. The second kappa shape index (κ2) is 9.19. The Hall–Kier alpha value is -2.41. The lowest BCUT2D eigenvalue weighted by atomic mass is 10.0. The van der Waals surface area contributed by atoms with E-state index in [1.165, 1.54) is 0 Å². The highest BCUT2D eigenvalue weighted by Gasteiger charge is 2.26. The first-order valence-corrected chi connectivity index (χ1v) is 10.4. The van der Waals surface area contributed by atoms with Crippen molar-refractivity contribution in [3.05, 3.63) is 42.5 Å². The van der Waals surface area contributed by atoms with Crippen LogP contribution in [-0.4, -0.2) is 27.9 Å². The fourth-order valence-corrected chi connectivity index (χ4v) is 3.53. The summed E-state index contributed by atoms with van der Waals surface area (Å²) in [7, 11) is -1.73. The van der Waals surface area contributed by atoms with Gasteiger partial charge in [0.2, 0.25) is 0 Å². The van der Waals surface area contributed by atoms with Gasteiger partial charge in [0.05, 0.1) is 4.90 Å². The highest BCUT2D eigenvalue weighted by Crippen LogP contribution is 2.17. The van der Waals surface area contributed by atoms with Gasteiger partial charge in [-0.1, -0.05) is 44.2 Å². The third-order valence-electron chi connectivity index (χ3n) is 3.84. The number of benzene rings is 2. The van der Waals surface area contributed by atoms with Crippen LogP contribution in [0.15, 0.2) is 47.4 Å². The van der Waals surface area contributed by atoms with Crippen LogP contribution in [0.4, 0.5) is 4.79 Å². The number of carbonyl (C=O) groups excluding carboxylic acids is 2. The molecule has 7 heteroatoms. The molecule has 2 atom stereocenters. The number of hydrogen-bond donors (Lipinski definition) is 2. The fraction of sp³-hybridized carbons (Fsp3) is 0.429. The van der Waals surface area contributed by atoms with Crippen LogP contribution in [0, 0.1) is 5.92 Å². The zero-order chi connectivity index (χ0) is 20.9. The number of amides is 2. The van der Waals surface area contributed by atoms with Crippen molar-refractivity contribution in [2.75, 3.05) is 0 Å². The zero-order valence-electron chi connectivity index (χ0n) is 16.9. The number of fused-ring (bicyclic) bond motifs is 1. The second-order valence-electron chi connectivity index (χ2n) is 8.07. The molecule has 2 aromatic rings. The molecule has 0 fully saturated rings. The van der Waals surface area contributed by atoms with E-state index in [1.807, 2.05) is 44.2 Å². The SMILES string of the molecule is CC(C)CC(NC(=O)OC(C)(C)C)C(=O)NS(=O)c1ccc2ccccc2c1. The average molecular weight is 405 g/mol. The van der Waals surface area contributed by atoms with Crippen molar-refractivity contribution in [2.45, 2.75) is 57.6 Å². The van der Waals surface area contributed by atoms with Crippen LogP contribution in [0.5, 0.6) is 0 Å². The Morgan fingerprint density at radius 2 is 1.71 bits per heavy atom. The highest BCUT2D eigenvalue weighted by molar-refractivity contribution is 7.83. The smallest absolute Gasteiger partial charge is 0.408 e. The maximum Gasteiger partial charge on any atom is 0.408 e. The Labute approximate surface area is 168 Å². The molecule has 152 valence electrons. The molecule has 0 aliphatic heterocycles. The average Bonchev–Trinajstić information content (AvgIpc) is 2.58. The molecule has 0 radical (unpaired) electrons. The van der Waals surface area contributed by atoms with Crippen molar-refractivity contribution < 1.29 is 18.5 Å². The largest absolute Gasteiger partial charge is 0.444 e. The Morgan fingerprint density at radius 3 is 2.32 bits per heavy atom. The van der Waals surface area contributed by atoms with Crippen LogP contribution in [-0.2, 0) is 20.5 Å². The molecule has 0 heterocycles. The molecule has 2 unspecified atom stereocenters. The molecule has 0 bridgehead atoms. The number of rotatable bonds is 6. The van der Waals surface area contributed by atoms with Gasteiger partial charge in [-0.05, 0) is 56.0 Å². The van der Waals surface area contributed by atoms with Crippen molar-refractivity contribution in [3.63, 3.8) is 0 Å². The van der Waals surface area contributed by atoms with Crippen LogP contribution in [0.1, 0.15) is 41.0 Å². The molecule has 0 aliphatic carbocycles. The van der Waals surface area contributed by atoms with E-state index in [2.05, 4.69) is 10.0 Å². The Kier molecular flexibility index (Phi) is 7.18. The van der Waals surface area contributed by atoms with Gasteiger partial charge in [0.1, 0.15) is 11.6 Å². The maximum atomic E-state index is 12.7. The minimum Gasteiger partial charge on any atom is -0.444 e. The lowest BCUT2D eigenvalue weighted by molar-refractivity contribution is -0.121. The third-order valence-corrected chi connectivity index (χ3v) is 4.91. The standard InChI is InChI=1S/C21H28N2O4S/c1-14(2)12-18(22-20(25)27-21(3,4)5)19(24)23-28(26)17-11-10-15-8-6-7-9-16(15)13-17/h6-11,13-14,18H,12H2,1-5H3,(H,22,25)(H,23,24). The van der Waals surface area contributed by atoms with Crippen LogP contribution in [0.25, 0.3) is 10.8 Å². The molecule has 2 N–H and O–H groups in total. The van der Waals surface area contributed by atoms with Gasteiger partial charge in [-0.25, -0.2) is 9.00 Å². The van der Waals surface area contributed by atoms with E-state index in [-0.39, 0.29) is 5.92 Å². The number of alkyl carbamates (subject to hydrolysis) is 1. The Morgan fingerprint density at radius 1 is 1.07 bits per heavy atom. The van der Waals surface area contributed by atoms with E-state index in [0.29, 0.717) is 11.3 Å². The van der Waals surface area contributed by atoms with Gasteiger partial charge in [-0.3, -0.25) is 9.52 Å². The summed E-state index contributed by atoms with van der Waals surface area (Å²) in [4.78, 5) is 25.2. The van der Waals surface area contributed by atoms with Crippen molar-refractivity contribution in [3.8, 4) is 0 Å². The summed E-state index contributed by atoms with van der Waals surface area (Å²) in [6.45, 7) is 9.13. The molecule has 0 aliphatic rings. The minimum absolute atomic E-state index is 0.153. The Balaban J connectivity index is 2.10. The number of ether oxygens (including phenoxy) is 1. The summed E-state index contributed by atoms with van der Waals surface area (Å²) in [6.07, 6.45) is -0.273. The van der Waals surface area contributed by atoms with Gasteiger partial charge in [0.25, 0.3) is 5.91 Å². The zero-order valence-corrected chi connectivity index (χ0v) is 17.8. The normalized spacial score (nSPS) is 13.8. The number of nitrogens with one attached hydrogen (secondary N) is 2. The first-order chi connectivity index (χ1) is 13.0. The van der Waals surface area contributed by atoms with E-state index in [0.717, 1.165) is 10.8 Å². The maximum absolute atomic E-state index is 12.7. The molecule has 2 rings (SSSR count). The summed E-state index contributed by atoms with van der Waals surface area (Å²) in [6, 6.07) is 12.2. The van der Waals surface area contributed by atoms with E-state index in [4.69, 9.17) is 4.74 Å². The van der Waals surface area contributed by atoms with Crippen molar-refractivity contribution in [1.29, 1.82) is 0 Å². The van der Waals surface area contributed by atoms with E-state index in [9.17, 15) is 13.8 Å².